The summed E-state index contributed by atoms with van der Waals surface area (Å²) in [5.41, 5.74) is 9.40. The lowest BCUT2D eigenvalue weighted by atomic mass is 10.1. The molecular formula is C25H17Cl2N9O5. The van der Waals surface area contributed by atoms with Crippen molar-refractivity contribution in [3.8, 4) is 22.8 Å². The molecule has 0 radical (unpaired) electrons. The molecule has 2 heterocycles. The number of rotatable bonds is 9. The molecule has 0 fully saturated rings. The molecule has 0 atom stereocenters. The van der Waals surface area contributed by atoms with Gasteiger partial charge in [0.2, 0.25) is 11.6 Å². The van der Waals surface area contributed by atoms with Crippen molar-refractivity contribution >= 4 is 46.8 Å². The van der Waals surface area contributed by atoms with E-state index in [9.17, 15) is 14.9 Å². The monoisotopic (exact) mass is 593 g/mol. The zero-order chi connectivity index (χ0) is 28.9. The molecule has 0 aliphatic rings. The van der Waals surface area contributed by atoms with Gasteiger partial charge >= 0.3 is 0 Å². The maximum atomic E-state index is 13.3. The van der Waals surface area contributed by atoms with Crippen molar-refractivity contribution in [3.63, 3.8) is 0 Å². The van der Waals surface area contributed by atoms with E-state index >= 15 is 0 Å². The SMILES string of the molecule is Nc1nonc1-n1nnc(-c2ccccc2)c1C(=O)N/N=C/c1cc([N+](=O)[O-])ccc1OCc1c(Cl)cccc1Cl. The van der Waals surface area contributed by atoms with Gasteiger partial charge in [-0.2, -0.15) is 9.78 Å². The molecule has 16 heteroatoms. The zero-order valence-electron chi connectivity index (χ0n) is 20.6. The van der Waals surface area contributed by atoms with Crippen molar-refractivity contribution in [1.82, 2.24) is 30.7 Å². The van der Waals surface area contributed by atoms with Crippen LogP contribution in [0.3, 0.4) is 0 Å². The number of hydrogen-bond acceptors (Lipinski definition) is 11. The topological polar surface area (TPSA) is 189 Å². The second-order valence-electron chi connectivity index (χ2n) is 8.20. The number of amides is 1. The Hall–Kier alpha value is -5.34. The average Bonchev–Trinajstić information content (AvgIpc) is 3.59. The van der Waals surface area contributed by atoms with E-state index in [1.54, 1.807) is 48.5 Å². The van der Waals surface area contributed by atoms with Crippen molar-refractivity contribution in [1.29, 1.82) is 0 Å². The number of ether oxygens (including phenoxy) is 1. The summed E-state index contributed by atoms with van der Waals surface area (Å²) in [5.74, 6) is -0.698. The first kappa shape index (κ1) is 27.2. The van der Waals surface area contributed by atoms with Gasteiger partial charge in [0.15, 0.2) is 5.69 Å². The molecule has 3 aromatic carbocycles. The van der Waals surface area contributed by atoms with Crippen LogP contribution in [0.5, 0.6) is 5.75 Å². The van der Waals surface area contributed by atoms with Crippen LogP contribution < -0.4 is 15.9 Å². The summed E-state index contributed by atoms with van der Waals surface area (Å²) in [6, 6.07) is 17.7. The van der Waals surface area contributed by atoms with Gasteiger partial charge < -0.3 is 10.5 Å². The van der Waals surface area contributed by atoms with Crippen LogP contribution in [0.1, 0.15) is 21.6 Å². The van der Waals surface area contributed by atoms with E-state index in [1.807, 2.05) is 0 Å². The molecule has 0 spiro atoms. The first-order valence-electron chi connectivity index (χ1n) is 11.6. The Labute approximate surface area is 240 Å². The molecule has 0 unspecified atom stereocenters. The number of carbonyl (C=O) groups excluding carboxylic acids is 1. The fraction of sp³-hybridized carbons (Fsp3) is 0.0400. The van der Waals surface area contributed by atoms with Crippen LogP contribution >= 0.6 is 23.2 Å². The van der Waals surface area contributed by atoms with Crippen molar-refractivity contribution in [2.24, 2.45) is 5.10 Å². The van der Waals surface area contributed by atoms with E-state index in [-0.39, 0.29) is 46.6 Å². The third-order valence-corrected chi connectivity index (χ3v) is 6.34. The van der Waals surface area contributed by atoms with Gasteiger partial charge in [0.1, 0.15) is 18.1 Å². The second-order valence-corrected chi connectivity index (χ2v) is 9.02. The first-order valence-corrected chi connectivity index (χ1v) is 12.4. The van der Waals surface area contributed by atoms with Gasteiger partial charge in [-0.3, -0.25) is 14.9 Å². The number of hydrogen-bond donors (Lipinski definition) is 2. The molecule has 0 saturated heterocycles. The summed E-state index contributed by atoms with van der Waals surface area (Å²) in [6.07, 6.45) is 1.19. The van der Waals surface area contributed by atoms with E-state index in [2.05, 4.69) is 35.8 Å². The molecule has 5 aromatic rings. The Kier molecular flexibility index (Phi) is 7.85. The molecule has 14 nitrogen and oxygen atoms in total. The molecule has 2 aromatic heterocycles. The molecule has 5 rings (SSSR count). The number of halogens is 2. The Morgan fingerprint density at radius 2 is 1.88 bits per heavy atom. The number of anilines is 1. The Morgan fingerprint density at radius 1 is 1.12 bits per heavy atom. The number of nitro benzene ring substituents is 1. The summed E-state index contributed by atoms with van der Waals surface area (Å²) in [7, 11) is 0. The molecule has 0 aliphatic heterocycles. The fourth-order valence-corrected chi connectivity index (χ4v) is 4.18. The predicted molar refractivity (Wildman–Crippen MR) is 148 cm³/mol. The van der Waals surface area contributed by atoms with Crippen LogP contribution in [0.25, 0.3) is 17.1 Å². The van der Waals surface area contributed by atoms with Gasteiger partial charge in [-0.1, -0.05) is 64.8 Å². The standard InChI is InChI=1S/C25H17Cl2N9O5/c26-18-7-4-8-19(27)17(18)13-40-20-10-9-16(36(38)39)11-15(20)12-29-31-25(37)22-21(14-5-2-1-3-6-14)30-34-35(22)24-23(28)32-41-33-24/h1-12H,13H2,(H2,28,32)(H,31,37)/b29-12+. The number of nitrogens with one attached hydrogen (secondary N) is 1. The smallest absolute Gasteiger partial charge is 0.292 e. The molecule has 0 bridgehead atoms. The number of carbonyl (C=O) groups is 1. The van der Waals surface area contributed by atoms with E-state index in [0.29, 0.717) is 21.2 Å². The summed E-state index contributed by atoms with van der Waals surface area (Å²) < 4.78 is 11.6. The lowest BCUT2D eigenvalue weighted by Gasteiger charge is -2.11. The molecule has 41 heavy (non-hydrogen) atoms. The quantitative estimate of drug-likeness (QED) is 0.140. The fourth-order valence-electron chi connectivity index (χ4n) is 3.68. The minimum Gasteiger partial charge on any atom is -0.488 e. The zero-order valence-corrected chi connectivity index (χ0v) is 22.2. The van der Waals surface area contributed by atoms with Gasteiger partial charge in [-0.05, 0) is 28.5 Å². The molecule has 206 valence electrons. The summed E-state index contributed by atoms with van der Waals surface area (Å²) >= 11 is 12.4. The Morgan fingerprint density at radius 3 is 2.56 bits per heavy atom. The third-order valence-electron chi connectivity index (χ3n) is 5.64. The van der Waals surface area contributed by atoms with Gasteiger partial charge in [-0.25, -0.2) is 10.1 Å². The number of nitrogen functional groups attached to an aromatic ring is 1. The Bertz CT molecular complexity index is 1750. The number of nitrogens with two attached hydrogens (primary N) is 1. The minimum atomic E-state index is -0.747. The third kappa shape index (κ3) is 5.83. The molecule has 1 amide bonds. The van der Waals surface area contributed by atoms with Crippen molar-refractivity contribution < 1.29 is 19.1 Å². The van der Waals surface area contributed by atoms with Crippen LogP contribution in [0.2, 0.25) is 10.0 Å². The number of non-ortho nitro benzene ring substituents is 1. The van der Waals surface area contributed by atoms with E-state index < -0.39 is 10.8 Å². The number of nitro groups is 1. The second kappa shape index (κ2) is 11.8. The maximum absolute atomic E-state index is 13.3. The maximum Gasteiger partial charge on any atom is 0.292 e. The van der Waals surface area contributed by atoms with Crippen LogP contribution in [-0.2, 0) is 6.61 Å². The number of hydrazone groups is 1. The summed E-state index contributed by atoms with van der Waals surface area (Å²) in [5, 5.41) is 31.5. The van der Waals surface area contributed by atoms with E-state index in [4.69, 9.17) is 33.7 Å². The lowest BCUT2D eigenvalue weighted by Crippen LogP contribution is -2.22. The highest BCUT2D eigenvalue weighted by atomic mass is 35.5. The van der Waals surface area contributed by atoms with Gasteiger partial charge in [0, 0.05) is 38.9 Å². The predicted octanol–water partition coefficient (Wildman–Crippen LogP) is 4.46. The molecule has 3 N–H and O–H groups in total. The molecular weight excluding hydrogens is 577 g/mol. The number of benzene rings is 3. The highest BCUT2D eigenvalue weighted by molar-refractivity contribution is 6.35. The van der Waals surface area contributed by atoms with Crippen LogP contribution in [0, 0.1) is 10.1 Å². The van der Waals surface area contributed by atoms with Crippen LogP contribution in [0.15, 0.2) is 76.5 Å². The van der Waals surface area contributed by atoms with Gasteiger partial charge in [-0.15, -0.1) is 5.10 Å². The average molecular weight is 594 g/mol. The molecule has 0 aliphatic carbocycles. The van der Waals surface area contributed by atoms with Crippen molar-refractivity contribution in [2.45, 2.75) is 6.61 Å². The van der Waals surface area contributed by atoms with E-state index in [1.165, 1.54) is 24.4 Å². The summed E-state index contributed by atoms with van der Waals surface area (Å²) in [4.78, 5) is 24.2. The molecule has 0 saturated carbocycles. The highest BCUT2D eigenvalue weighted by Crippen LogP contribution is 2.29. The number of aromatic nitrogens is 5. The van der Waals surface area contributed by atoms with Gasteiger partial charge in [0.25, 0.3) is 11.6 Å². The first-order chi connectivity index (χ1) is 19.8. The van der Waals surface area contributed by atoms with Gasteiger partial charge in [0.05, 0.1) is 11.1 Å². The van der Waals surface area contributed by atoms with Crippen LogP contribution in [0.4, 0.5) is 11.5 Å². The highest BCUT2D eigenvalue weighted by Gasteiger charge is 2.26. The largest absolute Gasteiger partial charge is 0.488 e. The normalized spacial score (nSPS) is 11.1. The van der Waals surface area contributed by atoms with E-state index in [0.717, 1.165) is 4.68 Å². The van der Waals surface area contributed by atoms with Crippen LogP contribution in [-0.4, -0.2) is 42.4 Å². The summed E-state index contributed by atoms with van der Waals surface area (Å²) in [6.45, 7) is -0.0258. The van der Waals surface area contributed by atoms with Crippen molar-refractivity contribution in [2.75, 3.05) is 5.73 Å². The number of nitrogens with zero attached hydrogens (tertiary/aromatic N) is 7. The lowest BCUT2D eigenvalue weighted by molar-refractivity contribution is -0.384. The minimum absolute atomic E-state index is 0.0258. The van der Waals surface area contributed by atoms with Crippen molar-refractivity contribution in [3.05, 3.63) is 104 Å². The Balaban J connectivity index is 1.44.